The molecule has 0 aliphatic carbocycles. The average Bonchev–Trinajstić information content (AvgIpc) is 3.27. The lowest BCUT2D eigenvalue weighted by Crippen LogP contribution is -1.91. The van der Waals surface area contributed by atoms with Gasteiger partial charge in [-0.25, -0.2) is 4.98 Å². The highest BCUT2D eigenvalue weighted by atomic mass is 14.7. The van der Waals surface area contributed by atoms with E-state index in [1.807, 2.05) is 12.1 Å². The highest BCUT2D eigenvalue weighted by Crippen LogP contribution is 2.35. The van der Waals surface area contributed by atoms with Crippen LogP contribution in [0.15, 0.2) is 224 Å². The molecule has 9 rings (SSSR count). The first-order valence-electron chi connectivity index (χ1n) is 18.4. The molecule has 0 bridgehead atoms. The molecule has 0 aliphatic rings. The molecule has 1 aromatic heterocycles. The second kappa shape index (κ2) is 14.9. The summed E-state index contributed by atoms with van der Waals surface area (Å²) in [7, 11) is 0. The van der Waals surface area contributed by atoms with Crippen molar-refractivity contribution in [3.63, 3.8) is 0 Å². The van der Waals surface area contributed by atoms with Gasteiger partial charge in [-0.15, -0.1) is 0 Å². The predicted octanol–water partition coefficient (Wildman–Crippen LogP) is 14.4. The molecule has 1 heteroatoms. The molecule has 0 aliphatic heterocycles. The molecule has 0 amide bonds. The molecule has 1 nitrogen and oxygen atoms in total. The summed E-state index contributed by atoms with van der Waals surface area (Å²) in [4.78, 5) is 5.08. The topological polar surface area (TPSA) is 12.9 Å². The quantitative estimate of drug-likeness (QED) is 0.155. The summed E-state index contributed by atoms with van der Waals surface area (Å²) in [5, 5.41) is 0. The van der Waals surface area contributed by atoms with Crippen LogP contribution in [0.3, 0.4) is 0 Å². The van der Waals surface area contributed by atoms with Crippen LogP contribution in [0.25, 0.3) is 89.3 Å². The van der Waals surface area contributed by atoms with Gasteiger partial charge in [-0.1, -0.05) is 194 Å². The van der Waals surface area contributed by atoms with Crippen molar-refractivity contribution in [2.75, 3.05) is 0 Å². The fraction of sp³-hybridized carbons (Fsp3) is 0. The van der Waals surface area contributed by atoms with E-state index in [0.717, 1.165) is 33.6 Å². The third kappa shape index (κ3) is 7.04. The SMILES string of the molecule is c1ccc(-c2ccc(-c3cccc(-c4ccc(-c5cccc(-c6cccc(-c7cc(-c8ccccc8)nc(-c8ccccc8)c7)c6)c5)cc4)c3)cc2)cc1. The molecule has 0 atom stereocenters. The van der Waals surface area contributed by atoms with E-state index >= 15 is 0 Å². The van der Waals surface area contributed by atoms with Crippen LogP contribution >= 0.6 is 0 Å². The second-order valence-electron chi connectivity index (χ2n) is 13.6. The highest BCUT2D eigenvalue weighted by Gasteiger charge is 2.11. The summed E-state index contributed by atoms with van der Waals surface area (Å²) in [6.07, 6.45) is 0. The van der Waals surface area contributed by atoms with E-state index < -0.39 is 0 Å². The van der Waals surface area contributed by atoms with Gasteiger partial charge in [-0.05, 0) is 97.1 Å². The molecular formula is C53H37N. The van der Waals surface area contributed by atoms with Gasteiger partial charge >= 0.3 is 0 Å². The molecule has 8 aromatic carbocycles. The first kappa shape index (κ1) is 32.8. The van der Waals surface area contributed by atoms with Crippen molar-refractivity contribution in [3.05, 3.63) is 224 Å². The van der Waals surface area contributed by atoms with E-state index in [0.29, 0.717) is 0 Å². The van der Waals surface area contributed by atoms with E-state index in [2.05, 4.69) is 212 Å². The van der Waals surface area contributed by atoms with Crippen molar-refractivity contribution < 1.29 is 0 Å². The molecule has 54 heavy (non-hydrogen) atoms. The number of hydrogen-bond donors (Lipinski definition) is 0. The van der Waals surface area contributed by atoms with E-state index in [9.17, 15) is 0 Å². The second-order valence-corrected chi connectivity index (χ2v) is 13.6. The first-order valence-corrected chi connectivity index (χ1v) is 18.4. The normalized spacial score (nSPS) is 11.0. The highest BCUT2D eigenvalue weighted by molar-refractivity contribution is 5.82. The number of hydrogen-bond acceptors (Lipinski definition) is 1. The van der Waals surface area contributed by atoms with Gasteiger partial charge in [-0.2, -0.15) is 0 Å². The van der Waals surface area contributed by atoms with Gasteiger partial charge in [0.25, 0.3) is 0 Å². The van der Waals surface area contributed by atoms with Crippen LogP contribution in [0, 0.1) is 0 Å². The number of pyridine rings is 1. The smallest absolute Gasteiger partial charge is 0.0715 e. The number of nitrogens with zero attached hydrogens (tertiary/aromatic N) is 1. The maximum absolute atomic E-state index is 5.08. The summed E-state index contributed by atoms with van der Waals surface area (Å²) in [6, 6.07) is 80.1. The maximum atomic E-state index is 5.08. The first-order chi connectivity index (χ1) is 26.7. The zero-order chi connectivity index (χ0) is 36.1. The van der Waals surface area contributed by atoms with Gasteiger partial charge in [0, 0.05) is 11.1 Å². The molecule has 0 radical (unpaired) electrons. The Morgan fingerprint density at radius 2 is 0.407 bits per heavy atom. The predicted molar refractivity (Wildman–Crippen MR) is 228 cm³/mol. The van der Waals surface area contributed by atoms with Gasteiger partial charge in [0.05, 0.1) is 11.4 Å². The van der Waals surface area contributed by atoms with Crippen molar-refractivity contribution in [2.24, 2.45) is 0 Å². The van der Waals surface area contributed by atoms with E-state index in [1.54, 1.807) is 0 Å². The van der Waals surface area contributed by atoms with Crippen molar-refractivity contribution in [1.82, 2.24) is 4.98 Å². The van der Waals surface area contributed by atoms with E-state index in [4.69, 9.17) is 4.98 Å². The minimum atomic E-state index is 0.965. The van der Waals surface area contributed by atoms with Crippen LogP contribution in [0.5, 0.6) is 0 Å². The Bertz CT molecular complexity index is 2600. The number of rotatable bonds is 8. The summed E-state index contributed by atoms with van der Waals surface area (Å²) in [5.41, 5.74) is 18.5. The Hall–Kier alpha value is -7.09. The Morgan fingerprint density at radius 1 is 0.167 bits per heavy atom. The van der Waals surface area contributed by atoms with Crippen LogP contribution < -0.4 is 0 Å². The molecule has 0 spiro atoms. The van der Waals surface area contributed by atoms with E-state index in [-0.39, 0.29) is 0 Å². The Labute approximate surface area is 317 Å². The zero-order valence-electron chi connectivity index (χ0n) is 29.8. The Balaban J connectivity index is 0.981. The van der Waals surface area contributed by atoms with Crippen molar-refractivity contribution in [2.45, 2.75) is 0 Å². The molecule has 0 saturated heterocycles. The summed E-state index contributed by atoms with van der Waals surface area (Å²) >= 11 is 0. The summed E-state index contributed by atoms with van der Waals surface area (Å²) < 4.78 is 0. The van der Waals surface area contributed by atoms with Gasteiger partial charge in [0.2, 0.25) is 0 Å². The van der Waals surface area contributed by atoms with Gasteiger partial charge in [-0.3, -0.25) is 0 Å². The summed E-state index contributed by atoms with van der Waals surface area (Å²) in [5.74, 6) is 0. The van der Waals surface area contributed by atoms with Gasteiger partial charge in [0.15, 0.2) is 0 Å². The van der Waals surface area contributed by atoms with Crippen molar-refractivity contribution in [1.29, 1.82) is 0 Å². The van der Waals surface area contributed by atoms with Crippen molar-refractivity contribution >= 4 is 0 Å². The number of benzene rings is 8. The third-order valence-electron chi connectivity index (χ3n) is 10.1. The lowest BCUT2D eigenvalue weighted by Gasteiger charge is -2.12. The minimum absolute atomic E-state index is 0.965. The lowest BCUT2D eigenvalue weighted by atomic mass is 9.94. The summed E-state index contributed by atoms with van der Waals surface area (Å²) in [6.45, 7) is 0. The molecule has 0 fully saturated rings. The number of aromatic nitrogens is 1. The molecule has 0 N–H and O–H groups in total. The van der Waals surface area contributed by atoms with Crippen LogP contribution in [0.4, 0.5) is 0 Å². The molecule has 1 heterocycles. The fourth-order valence-electron chi connectivity index (χ4n) is 7.19. The largest absolute Gasteiger partial charge is 0.248 e. The fourth-order valence-corrected chi connectivity index (χ4v) is 7.19. The minimum Gasteiger partial charge on any atom is -0.248 e. The molecule has 9 aromatic rings. The lowest BCUT2D eigenvalue weighted by molar-refractivity contribution is 1.32. The van der Waals surface area contributed by atoms with Crippen LogP contribution in [0.2, 0.25) is 0 Å². The van der Waals surface area contributed by atoms with Gasteiger partial charge in [0.1, 0.15) is 0 Å². The van der Waals surface area contributed by atoms with Crippen LogP contribution in [-0.4, -0.2) is 4.98 Å². The molecule has 0 saturated carbocycles. The Morgan fingerprint density at radius 3 is 0.759 bits per heavy atom. The Kier molecular flexibility index (Phi) is 9.03. The molecule has 254 valence electrons. The zero-order valence-corrected chi connectivity index (χ0v) is 29.8. The monoisotopic (exact) mass is 687 g/mol. The van der Waals surface area contributed by atoms with Crippen LogP contribution in [0.1, 0.15) is 0 Å². The van der Waals surface area contributed by atoms with Crippen LogP contribution in [-0.2, 0) is 0 Å². The van der Waals surface area contributed by atoms with E-state index in [1.165, 1.54) is 55.6 Å². The third-order valence-corrected chi connectivity index (χ3v) is 10.1. The van der Waals surface area contributed by atoms with Crippen molar-refractivity contribution in [3.8, 4) is 89.3 Å². The standard InChI is InChI=1S/C53H37N/c1-4-13-38(14-5-1)39-25-27-40(28-26-39)45-19-10-20-46(33-45)41-29-31-42(32-30-41)47-21-11-22-48(34-47)49-23-12-24-50(35-49)51-36-52(43-15-6-2-7-16-43)54-53(37-51)44-17-8-3-9-18-44/h1-37H. The average molecular weight is 688 g/mol. The van der Waals surface area contributed by atoms with Gasteiger partial charge < -0.3 is 0 Å². The molecule has 0 unspecified atom stereocenters. The maximum Gasteiger partial charge on any atom is 0.0715 e. The molecular weight excluding hydrogens is 651 g/mol.